The zero-order chi connectivity index (χ0) is 19.8. The number of anilines is 1. The van der Waals surface area contributed by atoms with Gasteiger partial charge < -0.3 is 14.9 Å². The maximum Gasteiger partial charge on any atom is 0.272 e. The molecule has 7 nitrogen and oxygen atoms in total. The van der Waals surface area contributed by atoms with Gasteiger partial charge in [0.2, 0.25) is 0 Å². The van der Waals surface area contributed by atoms with Gasteiger partial charge in [-0.1, -0.05) is 13.8 Å². The van der Waals surface area contributed by atoms with Crippen molar-refractivity contribution in [3.8, 4) is 0 Å². The summed E-state index contributed by atoms with van der Waals surface area (Å²) in [5.41, 5.74) is 0.234. The number of β-amino-alcohol motifs (C(OH)–C–C–N with tert-alkyl or cyclic N) is 1. The third-order valence-electron chi connectivity index (χ3n) is 5.29. The van der Waals surface area contributed by atoms with Crippen molar-refractivity contribution in [3.63, 3.8) is 0 Å². The monoisotopic (exact) mass is 382 g/mol. The van der Waals surface area contributed by atoms with Crippen LogP contribution in [0.2, 0.25) is 0 Å². The molecule has 0 spiro atoms. The Bertz CT molecular complexity index is 601. The first-order valence-electron chi connectivity index (χ1n) is 9.84. The number of non-ortho nitro benzene ring substituents is 1. The molecule has 2 aliphatic rings. The third-order valence-corrected chi connectivity index (χ3v) is 5.29. The van der Waals surface area contributed by atoms with Gasteiger partial charge in [0, 0.05) is 44.8 Å². The Morgan fingerprint density at radius 1 is 1.15 bits per heavy atom. The van der Waals surface area contributed by atoms with Crippen LogP contribution in [0.15, 0.2) is 18.2 Å². The summed E-state index contributed by atoms with van der Waals surface area (Å²) in [4.78, 5) is 16.9. The first-order chi connectivity index (χ1) is 13.1. The summed E-state index contributed by atoms with van der Waals surface area (Å²) in [6, 6.07) is 4.43. The molecule has 0 amide bonds. The molecule has 152 valence electrons. The van der Waals surface area contributed by atoms with E-state index in [1.165, 1.54) is 12.1 Å². The number of hydrogen-bond donors (Lipinski definition) is 1. The van der Waals surface area contributed by atoms with Crippen LogP contribution >= 0.6 is 0 Å². The van der Waals surface area contributed by atoms with E-state index in [1.54, 1.807) is 0 Å². The Morgan fingerprint density at radius 3 is 2.30 bits per heavy atom. The molecule has 0 aromatic heterocycles. The number of halogens is 1. The fourth-order valence-corrected chi connectivity index (χ4v) is 3.84. The molecule has 0 bridgehead atoms. The van der Waals surface area contributed by atoms with Crippen molar-refractivity contribution >= 4 is 11.4 Å². The highest BCUT2D eigenvalue weighted by Gasteiger charge is 2.28. The molecule has 2 aliphatic heterocycles. The van der Waals surface area contributed by atoms with Crippen LogP contribution in [0.1, 0.15) is 26.7 Å². The van der Waals surface area contributed by atoms with Crippen LogP contribution in [0.5, 0.6) is 0 Å². The van der Waals surface area contributed by atoms with E-state index in [0.29, 0.717) is 11.7 Å². The van der Waals surface area contributed by atoms with E-state index in [1.807, 2.05) is 18.7 Å². The Labute approximate surface area is 160 Å². The number of benzene rings is 1. The molecule has 0 unspecified atom stereocenters. The summed E-state index contributed by atoms with van der Waals surface area (Å²) >= 11 is 0. The number of nitro benzene ring substituents is 1. The molecule has 0 radical (unpaired) electrons. The minimum absolute atomic E-state index is 0.212. The molecule has 2 saturated heterocycles. The Hall–Kier alpha value is -1.77. The summed E-state index contributed by atoms with van der Waals surface area (Å²) < 4.78 is 14.2. The minimum Gasteiger partial charge on any atom is -0.395 e. The van der Waals surface area contributed by atoms with Crippen LogP contribution in [0, 0.1) is 15.9 Å². The second-order valence-electron chi connectivity index (χ2n) is 6.71. The molecule has 1 aromatic rings. The van der Waals surface area contributed by atoms with E-state index in [9.17, 15) is 14.5 Å². The van der Waals surface area contributed by atoms with Gasteiger partial charge in [-0.3, -0.25) is 15.0 Å². The molecule has 0 saturated carbocycles. The lowest BCUT2D eigenvalue weighted by Gasteiger charge is -2.43. The molecular weight excluding hydrogens is 351 g/mol. The Kier molecular flexibility index (Phi) is 8.40. The molecule has 27 heavy (non-hydrogen) atoms. The number of aliphatic hydroxyl groups is 1. The number of rotatable bonds is 5. The van der Waals surface area contributed by atoms with E-state index < -0.39 is 10.7 Å². The number of aliphatic hydroxyl groups excluding tert-OH is 1. The van der Waals surface area contributed by atoms with Gasteiger partial charge >= 0.3 is 0 Å². The third kappa shape index (κ3) is 5.60. The van der Waals surface area contributed by atoms with Gasteiger partial charge in [0.05, 0.1) is 23.3 Å². The maximum absolute atomic E-state index is 14.2. The Morgan fingerprint density at radius 2 is 1.78 bits per heavy atom. The fraction of sp³-hybridized carbons (Fsp3) is 0.684. The zero-order valence-electron chi connectivity index (χ0n) is 16.3. The molecule has 1 N–H and O–H groups in total. The van der Waals surface area contributed by atoms with Gasteiger partial charge in [0.1, 0.15) is 0 Å². The second kappa shape index (κ2) is 10.5. The number of hydrogen-bond acceptors (Lipinski definition) is 6. The largest absolute Gasteiger partial charge is 0.395 e. The maximum atomic E-state index is 14.2. The van der Waals surface area contributed by atoms with Crippen molar-refractivity contribution in [2.45, 2.75) is 32.7 Å². The van der Waals surface area contributed by atoms with Crippen LogP contribution in [0.25, 0.3) is 0 Å². The van der Waals surface area contributed by atoms with Crippen molar-refractivity contribution in [2.24, 2.45) is 0 Å². The normalized spacial score (nSPS) is 19.5. The summed E-state index contributed by atoms with van der Waals surface area (Å²) in [7, 11) is 0. The minimum atomic E-state index is -0.575. The first kappa shape index (κ1) is 21.5. The highest BCUT2D eigenvalue weighted by Crippen LogP contribution is 2.26. The molecule has 0 atom stereocenters. The summed E-state index contributed by atoms with van der Waals surface area (Å²) in [5.74, 6) is -0.528. The molecule has 8 heteroatoms. The van der Waals surface area contributed by atoms with Crippen molar-refractivity contribution in [1.29, 1.82) is 0 Å². The van der Waals surface area contributed by atoms with E-state index in [0.717, 1.165) is 64.7 Å². The molecule has 0 aliphatic carbocycles. The Balaban J connectivity index is 0.00000126. The van der Waals surface area contributed by atoms with E-state index in [-0.39, 0.29) is 12.3 Å². The smallest absolute Gasteiger partial charge is 0.272 e. The van der Waals surface area contributed by atoms with Crippen molar-refractivity contribution in [1.82, 2.24) is 9.80 Å². The molecule has 2 heterocycles. The van der Waals surface area contributed by atoms with E-state index in [2.05, 4.69) is 9.80 Å². The lowest BCUT2D eigenvalue weighted by atomic mass is 10.0. The van der Waals surface area contributed by atoms with Gasteiger partial charge in [-0.15, -0.1) is 0 Å². The van der Waals surface area contributed by atoms with Crippen LogP contribution in [0.4, 0.5) is 15.8 Å². The molecule has 3 rings (SSSR count). The van der Waals surface area contributed by atoms with E-state index in [4.69, 9.17) is 5.11 Å². The number of nitrogens with zero attached hydrogens (tertiary/aromatic N) is 4. The zero-order valence-corrected chi connectivity index (χ0v) is 16.3. The van der Waals surface area contributed by atoms with Crippen molar-refractivity contribution in [3.05, 3.63) is 34.1 Å². The van der Waals surface area contributed by atoms with Crippen LogP contribution in [-0.4, -0.2) is 78.3 Å². The fourth-order valence-electron chi connectivity index (χ4n) is 3.84. The predicted octanol–water partition coefficient (Wildman–Crippen LogP) is 2.34. The number of likely N-dealkylation sites (tertiary alicyclic amines) is 1. The summed E-state index contributed by atoms with van der Waals surface area (Å²) in [5, 5.41) is 19.7. The molecule has 2 fully saturated rings. The van der Waals surface area contributed by atoms with Gasteiger partial charge in [0.25, 0.3) is 5.69 Å². The SMILES string of the molecule is CC.O=[N+]([O-])c1ccc(N2CCN(C3CCN(CCO)CC3)CC2)c(F)c1. The standard InChI is InChI=1S/C17H25FN4O3.C2H6/c18-16-13-15(22(24)25)1-2-17(16)21-9-7-20(8-10-21)14-3-5-19(6-4-14)11-12-23;1-2/h1-2,13-14,23H,3-12H2;1-2H3. The quantitative estimate of drug-likeness (QED) is 0.622. The molecule has 1 aromatic carbocycles. The van der Waals surface area contributed by atoms with Gasteiger partial charge in [0.15, 0.2) is 5.82 Å². The van der Waals surface area contributed by atoms with Gasteiger partial charge in [-0.25, -0.2) is 4.39 Å². The highest BCUT2D eigenvalue weighted by atomic mass is 19.1. The van der Waals surface area contributed by atoms with Gasteiger partial charge in [-0.05, 0) is 32.0 Å². The van der Waals surface area contributed by atoms with Crippen molar-refractivity contribution < 1.29 is 14.4 Å². The van der Waals surface area contributed by atoms with Crippen molar-refractivity contribution in [2.75, 3.05) is 57.3 Å². The lowest BCUT2D eigenvalue weighted by molar-refractivity contribution is -0.385. The first-order valence-corrected chi connectivity index (χ1v) is 9.84. The summed E-state index contributed by atoms with van der Waals surface area (Å²) in [6.07, 6.45) is 2.21. The highest BCUT2D eigenvalue weighted by molar-refractivity contribution is 5.52. The number of piperazine rings is 1. The molecular formula is C19H31FN4O3. The number of nitro groups is 1. The second-order valence-corrected chi connectivity index (χ2v) is 6.71. The summed E-state index contributed by atoms with van der Waals surface area (Å²) in [6.45, 7) is 10.2. The topological polar surface area (TPSA) is 73.1 Å². The lowest BCUT2D eigenvalue weighted by Crippen LogP contribution is -2.53. The average Bonchev–Trinajstić information content (AvgIpc) is 2.70. The van der Waals surface area contributed by atoms with E-state index >= 15 is 0 Å². The predicted molar refractivity (Wildman–Crippen MR) is 105 cm³/mol. The van der Waals surface area contributed by atoms with Crippen LogP contribution < -0.4 is 4.90 Å². The van der Waals surface area contributed by atoms with Crippen LogP contribution in [-0.2, 0) is 0 Å². The van der Waals surface area contributed by atoms with Crippen LogP contribution in [0.3, 0.4) is 0 Å². The number of piperidine rings is 1. The average molecular weight is 382 g/mol. The van der Waals surface area contributed by atoms with Gasteiger partial charge in [-0.2, -0.15) is 0 Å².